The van der Waals surface area contributed by atoms with E-state index in [1.54, 1.807) is 0 Å². The average molecular weight is 730 g/mol. The third kappa shape index (κ3) is 4.60. The highest BCUT2D eigenvalue weighted by Crippen LogP contribution is 2.64. The molecule has 0 bridgehead atoms. The van der Waals surface area contributed by atoms with Crippen molar-refractivity contribution in [2.45, 2.75) is 5.41 Å². The predicted molar refractivity (Wildman–Crippen MR) is 226 cm³/mol. The second-order valence-electron chi connectivity index (χ2n) is 14.7. The number of hydrogen-bond donors (Lipinski definition) is 0. The van der Waals surface area contributed by atoms with Crippen molar-refractivity contribution in [3.63, 3.8) is 0 Å². The summed E-state index contributed by atoms with van der Waals surface area (Å²) in [6, 6.07) is 65.3. The van der Waals surface area contributed by atoms with E-state index in [2.05, 4.69) is 121 Å². The third-order valence-corrected chi connectivity index (χ3v) is 11.6. The van der Waals surface area contributed by atoms with Gasteiger partial charge in [0.2, 0.25) is 0 Å². The minimum Gasteiger partial charge on any atom is -0.457 e. The number of aromatic nitrogens is 3. The Labute approximate surface area is 328 Å². The number of para-hydroxylation sites is 3. The van der Waals surface area contributed by atoms with E-state index in [4.69, 9.17) is 24.1 Å². The average Bonchev–Trinajstić information content (AvgIpc) is 3.81. The maximum Gasteiger partial charge on any atom is 0.164 e. The van der Waals surface area contributed by atoms with E-state index in [1.807, 2.05) is 66.7 Å². The lowest BCUT2D eigenvalue weighted by Gasteiger charge is -2.39. The maximum atomic E-state index is 6.88. The number of ether oxygens (including phenoxy) is 1. The molecule has 3 heterocycles. The van der Waals surface area contributed by atoms with Crippen molar-refractivity contribution in [2.24, 2.45) is 0 Å². The number of nitrogens with zero attached hydrogens (tertiary/aromatic N) is 3. The van der Waals surface area contributed by atoms with E-state index in [0.29, 0.717) is 17.5 Å². The lowest BCUT2D eigenvalue weighted by atomic mass is 9.65. The smallest absolute Gasteiger partial charge is 0.164 e. The van der Waals surface area contributed by atoms with E-state index >= 15 is 0 Å². The zero-order chi connectivity index (χ0) is 37.5. The van der Waals surface area contributed by atoms with Gasteiger partial charge in [0, 0.05) is 44.2 Å². The molecule has 0 unspecified atom stereocenters. The molecule has 0 amide bonds. The van der Waals surface area contributed by atoms with Gasteiger partial charge >= 0.3 is 0 Å². The Morgan fingerprint density at radius 2 is 0.877 bits per heavy atom. The summed E-state index contributed by atoms with van der Waals surface area (Å²) in [5.74, 6) is 3.61. The molecule has 1 aliphatic carbocycles. The molecule has 2 aromatic heterocycles. The topological polar surface area (TPSA) is 61.0 Å². The molecule has 5 heteroatoms. The molecule has 266 valence electrons. The summed E-state index contributed by atoms with van der Waals surface area (Å²) in [5.41, 5.74) is 13.0. The fourth-order valence-corrected chi connectivity index (χ4v) is 9.17. The highest BCUT2D eigenvalue weighted by molar-refractivity contribution is 6.19. The van der Waals surface area contributed by atoms with Gasteiger partial charge in [-0.15, -0.1) is 0 Å². The molecular weight excluding hydrogens is 699 g/mol. The molecule has 0 atom stereocenters. The molecule has 0 fully saturated rings. The van der Waals surface area contributed by atoms with Gasteiger partial charge in [0.1, 0.15) is 22.7 Å². The first kappa shape index (κ1) is 31.7. The lowest BCUT2D eigenvalue weighted by molar-refractivity contribution is 0.436. The zero-order valence-corrected chi connectivity index (χ0v) is 30.6. The number of rotatable bonds is 4. The first-order valence-corrected chi connectivity index (χ1v) is 19.2. The van der Waals surface area contributed by atoms with Crippen LogP contribution in [0.2, 0.25) is 0 Å². The summed E-state index contributed by atoms with van der Waals surface area (Å²) in [6.07, 6.45) is 0. The molecule has 8 aromatic carbocycles. The fraction of sp³-hybridized carbons (Fsp3) is 0.0192. The Morgan fingerprint density at radius 1 is 0.386 bits per heavy atom. The van der Waals surface area contributed by atoms with Crippen molar-refractivity contribution in [1.82, 2.24) is 15.0 Å². The summed E-state index contributed by atoms with van der Waals surface area (Å²) in [6.45, 7) is 0. The van der Waals surface area contributed by atoms with Crippen LogP contribution in [0.15, 0.2) is 192 Å². The lowest BCUT2D eigenvalue weighted by Crippen LogP contribution is -2.32. The van der Waals surface area contributed by atoms with Gasteiger partial charge in [-0.25, -0.2) is 15.0 Å². The molecule has 57 heavy (non-hydrogen) atoms. The quantitative estimate of drug-likeness (QED) is 0.180. The maximum absolute atomic E-state index is 6.88. The van der Waals surface area contributed by atoms with Crippen LogP contribution in [0.1, 0.15) is 22.3 Å². The van der Waals surface area contributed by atoms with E-state index < -0.39 is 5.41 Å². The summed E-state index contributed by atoms with van der Waals surface area (Å²) < 4.78 is 13.5. The van der Waals surface area contributed by atoms with Crippen molar-refractivity contribution in [2.75, 3.05) is 0 Å². The van der Waals surface area contributed by atoms with Gasteiger partial charge in [-0.1, -0.05) is 164 Å². The van der Waals surface area contributed by atoms with Gasteiger partial charge in [-0.2, -0.15) is 0 Å². The largest absolute Gasteiger partial charge is 0.457 e. The Kier molecular flexibility index (Phi) is 6.78. The molecule has 0 N–H and O–H groups in total. The van der Waals surface area contributed by atoms with Gasteiger partial charge in [0.05, 0.1) is 5.41 Å². The van der Waals surface area contributed by atoms with Crippen LogP contribution in [0.3, 0.4) is 0 Å². The van der Waals surface area contributed by atoms with E-state index in [9.17, 15) is 0 Å². The van der Waals surface area contributed by atoms with Crippen LogP contribution < -0.4 is 4.74 Å². The molecular formula is C52H31N3O2. The van der Waals surface area contributed by atoms with Crippen molar-refractivity contribution in [3.05, 3.63) is 210 Å². The molecule has 0 radical (unpaired) electrons. The molecule has 0 saturated heterocycles. The Morgan fingerprint density at radius 3 is 1.51 bits per heavy atom. The van der Waals surface area contributed by atoms with Gasteiger partial charge in [0.25, 0.3) is 0 Å². The van der Waals surface area contributed by atoms with Crippen LogP contribution in [0.5, 0.6) is 11.5 Å². The highest BCUT2D eigenvalue weighted by Gasteiger charge is 2.52. The molecule has 1 aliphatic heterocycles. The number of fused-ring (bicyclic) bond motifs is 13. The molecule has 1 spiro atoms. The normalized spacial score (nSPS) is 13.2. The fourth-order valence-electron chi connectivity index (χ4n) is 9.17. The SMILES string of the molecule is c1ccc(-c2nc(-c3ccccc3)nc(-c3ccc(-c4cc5c(c6c4oc4ccccc46)-c4ccccc4C54c5ccccc5Oc5ccccc54)cc3)n2)cc1. The number of hydrogen-bond acceptors (Lipinski definition) is 5. The summed E-state index contributed by atoms with van der Waals surface area (Å²) in [7, 11) is 0. The van der Waals surface area contributed by atoms with E-state index in [-0.39, 0.29) is 0 Å². The van der Waals surface area contributed by atoms with Crippen LogP contribution in [0.25, 0.3) is 78.4 Å². The van der Waals surface area contributed by atoms with E-state index in [0.717, 1.165) is 72.4 Å². The molecule has 0 saturated carbocycles. The standard InChI is InChI=1S/C52H31N3O2/c1-3-15-33(16-4-1)49-53-50(34-17-5-2-6-18-34)55-51(54-49)35-29-27-32(28-30-35)38-31-42-46(47-37-20-8-12-24-43(37)57-48(38)47)36-19-7-9-21-39(36)52(42)40-22-10-13-25-44(40)56-45-26-14-11-23-41(45)52/h1-31H. The summed E-state index contributed by atoms with van der Waals surface area (Å²) in [5, 5.41) is 2.21. The monoisotopic (exact) mass is 729 g/mol. The van der Waals surface area contributed by atoms with Gasteiger partial charge < -0.3 is 9.15 Å². The zero-order valence-electron chi connectivity index (χ0n) is 30.6. The summed E-state index contributed by atoms with van der Waals surface area (Å²) >= 11 is 0. The Balaban J connectivity index is 1.11. The first-order valence-electron chi connectivity index (χ1n) is 19.2. The predicted octanol–water partition coefficient (Wildman–Crippen LogP) is 12.9. The van der Waals surface area contributed by atoms with Crippen molar-refractivity contribution in [1.29, 1.82) is 0 Å². The van der Waals surface area contributed by atoms with Gasteiger partial charge in [-0.05, 0) is 52.1 Å². The van der Waals surface area contributed by atoms with Crippen LogP contribution >= 0.6 is 0 Å². The molecule has 12 rings (SSSR count). The Hall–Kier alpha value is -7.63. The molecule has 10 aromatic rings. The third-order valence-electron chi connectivity index (χ3n) is 11.6. The number of benzene rings is 8. The van der Waals surface area contributed by atoms with Gasteiger partial charge in [-0.3, -0.25) is 0 Å². The van der Waals surface area contributed by atoms with Crippen LogP contribution in [-0.2, 0) is 5.41 Å². The van der Waals surface area contributed by atoms with Gasteiger partial charge in [0.15, 0.2) is 17.5 Å². The summed E-state index contributed by atoms with van der Waals surface area (Å²) in [4.78, 5) is 14.9. The number of furan rings is 1. The second-order valence-corrected chi connectivity index (χ2v) is 14.7. The molecule has 2 aliphatic rings. The Bertz CT molecular complexity index is 3100. The van der Waals surface area contributed by atoms with Crippen LogP contribution in [0.4, 0.5) is 0 Å². The van der Waals surface area contributed by atoms with Crippen LogP contribution in [0, 0.1) is 0 Å². The molecule has 5 nitrogen and oxygen atoms in total. The van der Waals surface area contributed by atoms with Crippen molar-refractivity contribution in [3.8, 4) is 67.9 Å². The minimum absolute atomic E-state index is 0.613. The van der Waals surface area contributed by atoms with Crippen molar-refractivity contribution < 1.29 is 9.15 Å². The minimum atomic E-state index is -0.620. The first-order chi connectivity index (χ1) is 28.3. The van der Waals surface area contributed by atoms with Crippen molar-refractivity contribution >= 4 is 21.9 Å². The highest BCUT2D eigenvalue weighted by atomic mass is 16.5. The second kappa shape index (κ2) is 12.2. The van der Waals surface area contributed by atoms with E-state index in [1.165, 1.54) is 22.3 Å². The van der Waals surface area contributed by atoms with Crippen LogP contribution in [-0.4, -0.2) is 15.0 Å².